The van der Waals surface area contributed by atoms with E-state index in [0.717, 1.165) is 37.0 Å². The van der Waals surface area contributed by atoms with E-state index < -0.39 is 21.6 Å². The molecule has 18 heavy (non-hydrogen) atoms. The van der Waals surface area contributed by atoms with Crippen molar-refractivity contribution < 1.29 is 0 Å². The smallest absolute Gasteiger partial charge is 0.0803 e. The fourth-order valence-electron chi connectivity index (χ4n) is 2.41. The van der Waals surface area contributed by atoms with Gasteiger partial charge >= 0.3 is 0 Å². The molecule has 1 heterocycles. The van der Waals surface area contributed by atoms with Crippen LogP contribution in [0.15, 0.2) is 13.5 Å². The van der Waals surface area contributed by atoms with E-state index in [-0.39, 0.29) is 0 Å². The lowest BCUT2D eigenvalue weighted by atomic mass is 11.0. The van der Waals surface area contributed by atoms with Gasteiger partial charge in [-0.3, -0.25) is 0 Å². The van der Waals surface area contributed by atoms with Gasteiger partial charge in [-0.2, -0.15) is 0 Å². The Morgan fingerprint density at radius 2 is 0.611 bits per heavy atom. The van der Waals surface area contributed by atoms with Crippen molar-refractivity contribution in [2.75, 3.05) is 37.0 Å². The van der Waals surface area contributed by atoms with Crippen molar-refractivity contribution in [3.8, 4) is 0 Å². The average molecular weight is 309 g/mol. The first-order valence-electron chi connectivity index (χ1n) is 7.34. The molecule has 0 spiro atoms. The van der Waals surface area contributed by atoms with Crippen LogP contribution in [0.4, 0.5) is 0 Å². The van der Waals surface area contributed by atoms with Gasteiger partial charge in [0.25, 0.3) is 0 Å². The molecule has 1 aliphatic heterocycles. The molecule has 1 aliphatic rings. The molecule has 0 saturated carbocycles. The minimum atomic E-state index is -1.41. The van der Waals surface area contributed by atoms with Crippen molar-refractivity contribution in [3.63, 3.8) is 0 Å². The zero-order valence-electron chi connectivity index (χ0n) is 12.9. The Balaban J connectivity index is 3.63. The van der Waals surface area contributed by atoms with Crippen molar-refractivity contribution in [2.24, 2.45) is 13.5 Å². The van der Waals surface area contributed by atoms with E-state index in [2.05, 4.69) is 41.5 Å². The third-order valence-corrected chi connectivity index (χ3v) is 18.1. The molecule has 1 rings (SSSR count). The van der Waals surface area contributed by atoms with Crippen LogP contribution in [0.25, 0.3) is 0 Å². The topological polar surface area (TPSA) is 37.1 Å². The van der Waals surface area contributed by atoms with E-state index in [0.29, 0.717) is 0 Å². The molecule has 0 amide bonds. The maximum absolute atomic E-state index is 5.33. The summed E-state index contributed by atoms with van der Waals surface area (Å²) in [6, 6.07) is 0. The first-order valence-corrected chi connectivity index (χ1v) is 13.5. The number of rotatable bonds is 6. The van der Waals surface area contributed by atoms with E-state index >= 15 is 0 Å². The van der Waals surface area contributed by atoms with Crippen LogP contribution >= 0.6 is 21.6 Å². The molecule has 0 aromatic carbocycles. The van der Waals surface area contributed by atoms with Gasteiger partial charge in [-0.05, 0) is 37.0 Å². The monoisotopic (exact) mass is 309 g/mol. The second-order valence-corrected chi connectivity index (χ2v) is 16.0. The standard InChI is InChI=1S/C12H30N3P3/c1-7-16(8-2)13-17(9-3,10-4)15-18(11-5,12-6)14-16/h7-12H2,1-6H3. The number of hydrogen-bond donors (Lipinski definition) is 0. The molecule has 0 radical (unpaired) electrons. The van der Waals surface area contributed by atoms with Gasteiger partial charge in [0.2, 0.25) is 0 Å². The number of hydrogen-bond acceptors (Lipinski definition) is 3. The summed E-state index contributed by atoms with van der Waals surface area (Å²) in [7, 11) is -4.22. The summed E-state index contributed by atoms with van der Waals surface area (Å²) >= 11 is 0. The molecule has 6 heteroatoms. The molecule has 0 aromatic heterocycles. The molecule has 0 aliphatic carbocycles. The van der Waals surface area contributed by atoms with Crippen molar-refractivity contribution in [1.82, 2.24) is 0 Å². The second-order valence-electron chi connectivity index (χ2n) is 4.80. The molecule has 0 N–H and O–H groups in total. The second kappa shape index (κ2) is 6.43. The summed E-state index contributed by atoms with van der Waals surface area (Å²) in [6.45, 7) is 13.7. The lowest BCUT2D eigenvalue weighted by Gasteiger charge is -2.35. The summed E-state index contributed by atoms with van der Waals surface area (Å²) < 4.78 is 16.0. The Morgan fingerprint density at radius 3 is 0.722 bits per heavy atom. The van der Waals surface area contributed by atoms with E-state index in [4.69, 9.17) is 13.5 Å². The van der Waals surface area contributed by atoms with Crippen LogP contribution < -0.4 is 0 Å². The van der Waals surface area contributed by atoms with Gasteiger partial charge in [-0.15, -0.1) is 0 Å². The van der Waals surface area contributed by atoms with Crippen LogP contribution in [0.2, 0.25) is 0 Å². The zero-order valence-corrected chi connectivity index (χ0v) is 15.6. The van der Waals surface area contributed by atoms with Crippen molar-refractivity contribution in [2.45, 2.75) is 41.5 Å². The highest BCUT2D eigenvalue weighted by Gasteiger charge is 2.31. The van der Waals surface area contributed by atoms with Crippen molar-refractivity contribution in [1.29, 1.82) is 0 Å². The van der Waals surface area contributed by atoms with Gasteiger partial charge in [-0.1, -0.05) is 41.5 Å². The quantitative estimate of drug-likeness (QED) is 0.504. The Hall–Kier alpha value is 0.690. The van der Waals surface area contributed by atoms with Crippen LogP contribution in [0.1, 0.15) is 41.5 Å². The maximum Gasteiger partial charge on any atom is 0.0803 e. The Bertz CT molecular complexity index is 344. The largest absolute Gasteiger partial charge is 0.241 e. The van der Waals surface area contributed by atoms with Crippen LogP contribution in [0, 0.1) is 0 Å². The van der Waals surface area contributed by atoms with E-state index in [1.165, 1.54) is 0 Å². The molecule has 108 valence electrons. The summed E-state index contributed by atoms with van der Waals surface area (Å²) in [5, 5.41) is 0. The van der Waals surface area contributed by atoms with E-state index in [1.54, 1.807) is 0 Å². The fraction of sp³-hybridized carbons (Fsp3) is 1.00. The first-order chi connectivity index (χ1) is 8.49. The molecular formula is C12H30N3P3. The first kappa shape index (κ1) is 16.7. The van der Waals surface area contributed by atoms with Gasteiger partial charge in [0.05, 0.1) is 21.6 Å². The van der Waals surface area contributed by atoms with Crippen molar-refractivity contribution >= 4 is 21.6 Å². The van der Waals surface area contributed by atoms with Gasteiger partial charge in [0.15, 0.2) is 0 Å². The third-order valence-electron chi connectivity index (χ3n) is 4.04. The minimum absolute atomic E-state index is 1.16. The summed E-state index contributed by atoms with van der Waals surface area (Å²) in [5.41, 5.74) is 0. The molecule has 0 atom stereocenters. The molecule has 0 unspecified atom stereocenters. The normalized spacial score (nSPS) is 23.7. The van der Waals surface area contributed by atoms with Gasteiger partial charge in [-0.25, -0.2) is 13.5 Å². The predicted octanol–water partition coefficient (Wildman–Crippen LogP) is 6.47. The van der Waals surface area contributed by atoms with Crippen LogP contribution in [-0.2, 0) is 0 Å². The van der Waals surface area contributed by atoms with Crippen molar-refractivity contribution in [3.05, 3.63) is 0 Å². The Labute approximate surface area is 114 Å². The third kappa shape index (κ3) is 3.05. The van der Waals surface area contributed by atoms with Gasteiger partial charge in [0.1, 0.15) is 0 Å². The van der Waals surface area contributed by atoms with Crippen LogP contribution in [0.3, 0.4) is 0 Å². The maximum atomic E-state index is 5.33. The van der Waals surface area contributed by atoms with E-state index in [9.17, 15) is 0 Å². The summed E-state index contributed by atoms with van der Waals surface area (Å²) in [5.74, 6) is 0. The predicted molar refractivity (Wildman–Crippen MR) is 91.3 cm³/mol. The fourth-order valence-corrected chi connectivity index (χ4v) is 18.7. The summed E-state index contributed by atoms with van der Waals surface area (Å²) in [6.07, 6.45) is 6.93. The van der Waals surface area contributed by atoms with Crippen LogP contribution in [-0.4, -0.2) is 37.0 Å². The lowest BCUT2D eigenvalue weighted by molar-refractivity contribution is 1.29. The highest BCUT2D eigenvalue weighted by molar-refractivity contribution is 7.87. The molecule has 3 nitrogen and oxygen atoms in total. The average Bonchev–Trinajstić information content (AvgIpc) is 2.46. The highest BCUT2D eigenvalue weighted by atomic mass is 31.3. The molecular weight excluding hydrogens is 279 g/mol. The molecule has 0 aromatic rings. The molecule has 0 fully saturated rings. The molecule has 0 bridgehead atoms. The lowest BCUT2D eigenvalue weighted by Crippen LogP contribution is -1.99. The number of nitrogens with zero attached hydrogens (tertiary/aromatic N) is 3. The highest BCUT2D eigenvalue weighted by Crippen LogP contribution is 2.77. The van der Waals surface area contributed by atoms with Gasteiger partial charge in [0, 0.05) is 0 Å². The van der Waals surface area contributed by atoms with Gasteiger partial charge < -0.3 is 0 Å². The van der Waals surface area contributed by atoms with E-state index in [1.807, 2.05) is 0 Å². The Morgan fingerprint density at radius 1 is 0.444 bits per heavy atom. The SMILES string of the molecule is CCP1(CC)=NP(CC)(CC)=NP(CC)(CC)=N1. The summed E-state index contributed by atoms with van der Waals surface area (Å²) in [4.78, 5) is 0. The zero-order chi connectivity index (χ0) is 13.9. The Kier molecular flexibility index (Phi) is 5.98. The molecule has 0 saturated heterocycles. The van der Waals surface area contributed by atoms with Crippen LogP contribution in [0.5, 0.6) is 0 Å². The minimum Gasteiger partial charge on any atom is -0.241 e.